The van der Waals surface area contributed by atoms with Crippen molar-refractivity contribution in [3.63, 3.8) is 0 Å². The number of esters is 1. The molecule has 0 aromatic heterocycles. The van der Waals surface area contributed by atoms with E-state index in [4.69, 9.17) is 4.74 Å². The van der Waals surface area contributed by atoms with Crippen molar-refractivity contribution in [2.75, 3.05) is 20.2 Å². The molecule has 0 spiro atoms. The Morgan fingerprint density at radius 1 is 1.53 bits per heavy atom. The highest BCUT2D eigenvalue weighted by Crippen LogP contribution is 2.34. The minimum atomic E-state index is -0.214. The standard InChI is InChI=1S/C12H15NO2/c1-3-15-12(14)10-7-5-4-6-9(10)11-8-13(11)2/h4-7,11H,3,8H2,1-2H3/t11-,13?/m1/s1. The van der Waals surface area contributed by atoms with Gasteiger partial charge in [0, 0.05) is 12.6 Å². The van der Waals surface area contributed by atoms with Gasteiger partial charge in [-0.3, -0.25) is 4.90 Å². The Balaban J connectivity index is 2.26. The molecule has 2 atom stereocenters. The van der Waals surface area contributed by atoms with Crippen LogP contribution >= 0.6 is 0 Å². The van der Waals surface area contributed by atoms with Crippen LogP contribution in [-0.2, 0) is 4.74 Å². The summed E-state index contributed by atoms with van der Waals surface area (Å²) in [7, 11) is 2.05. The average molecular weight is 205 g/mol. The van der Waals surface area contributed by atoms with Gasteiger partial charge in [-0.05, 0) is 25.6 Å². The molecule has 0 amide bonds. The predicted molar refractivity (Wildman–Crippen MR) is 57.8 cm³/mol. The molecule has 2 rings (SSSR count). The van der Waals surface area contributed by atoms with Crippen molar-refractivity contribution in [3.05, 3.63) is 35.4 Å². The minimum Gasteiger partial charge on any atom is -0.462 e. The molecule has 0 saturated carbocycles. The Morgan fingerprint density at radius 3 is 2.80 bits per heavy atom. The zero-order chi connectivity index (χ0) is 10.8. The van der Waals surface area contributed by atoms with Gasteiger partial charge in [-0.2, -0.15) is 0 Å². The van der Waals surface area contributed by atoms with Crippen LogP contribution in [0.25, 0.3) is 0 Å². The maximum absolute atomic E-state index is 11.7. The summed E-state index contributed by atoms with van der Waals surface area (Å²) in [5.74, 6) is -0.214. The van der Waals surface area contributed by atoms with Crippen LogP contribution in [0, 0.1) is 0 Å². The molecule has 1 aromatic carbocycles. The highest BCUT2D eigenvalue weighted by atomic mass is 16.5. The number of hydrogen-bond donors (Lipinski definition) is 0. The molecule has 0 radical (unpaired) electrons. The number of ether oxygens (including phenoxy) is 1. The molecule has 1 fully saturated rings. The van der Waals surface area contributed by atoms with Gasteiger partial charge >= 0.3 is 5.97 Å². The topological polar surface area (TPSA) is 29.3 Å². The van der Waals surface area contributed by atoms with E-state index in [1.54, 1.807) is 0 Å². The Hall–Kier alpha value is -1.35. The summed E-state index contributed by atoms with van der Waals surface area (Å²) in [5.41, 5.74) is 1.78. The van der Waals surface area contributed by atoms with E-state index in [2.05, 4.69) is 4.90 Å². The van der Waals surface area contributed by atoms with Crippen molar-refractivity contribution in [2.24, 2.45) is 0 Å². The second-order valence-electron chi connectivity index (χ2n) is 3.76. The Labute approximate surface area is 89.7 Å². The van der Waals surface area contributed by atoms with E-state index in [1.165, 1.54) is 0 Å². The van der Waals surface area contributed by atoms with Crippen LogP contribution in [0.3, 0.4) is 0 Å². The van der Waals surface area contributed by atoms with Crippen LogP contribution in [0.1, 0.15) is 28.9 Å². The molecular weight excluding hydrogens is 190 g/mol. The summed E-state index contributed by atoms with van der Waals surface area (Å²) in [6, 6.07) is 8.06. The quantitative estimate of drug-likeness (QED) is 0.557. The van der Waals surface area contributed by atoms with Gasteiger partial charge < -0.3 is 4.74 Å². The van der Waals surface area contributed by atoms with Crippen LogP contribution in [0.2, 0.25) is 0 Å². The lowest BCUT2D eigenvalue weighted by atomic mass is 10.0. The van der Waals surface area contributed by atoms with E-state index in [-0.39, 0.29) is 5.97 Å². The fourth-order valence-electron chi connectivity index (χ4n) is 1.74. The van der Waals surface area contributed by atoms with E-state index >= 15 is 0 Å². The summed E-state index contributed by atoms with van der Waals surface area (Å²) >= 11 is 0. The van der Waals surface area contributed by atoms with E-state index < -0.39 is 0 Å². The van der Waals surface area contributed by atoms with Crippen molar-refractivity contribution >= 4 is 5.97 Å². The average Bonchev–Trinajstić information content (AvgIpc) is 2.96. The maximum atomic E-state index is 11.7. The predicted octanol–water partition coefficient (Wildman–Crippen LogP) is 1.85. The zero-order valence-electron chi connectivity index (χ0n) is 9.06. The first-order valence-electron chi connectivity index (χ1n) is 5.20. The molecule has 3 nitrogen and oxygen atoms in total. The Bertz CT molecular complexity index is 376. The molecule has 3 heteroatoms. The monoisotopic (exact) mass is 205 g/mol. The first-order valence-corrected chi connectivity index (χ1v) is 5.20. The van der Waals surface area contributed by atoms with E-state index in [0.29, 0.717) is 18.2 Å². The summed E-state index contributed by atoms with van der Waals surface area (Å²) in [6.07, 6.45) is 0. The van der Waals surface area contributed by atoms with Crippen LogP contribution < -0.4 is 0 Å². The van der Waals surface area contributed by atoms with Crippen molar-refractivity contribution in [2.45, 2.75) is 13.0 Å². The highest BCUT2D eigenvalue weighted by molar-refractivity contribution is 5.91. The molecule has 1 aliphatic heterocycles. The van der Waals surface area contributed by atoms with Gasteiger partial charge in [0.15, 0.2) is 0 Å². The van der Waals surface area contributed by atoms with Gasteiger partial charge in [0.1, 0.15) is 0 Å². The largest absolute Gasteiger partial charge is 0.462 e. The van der Waals surface area contributed by atoms with E-state index in [1.807, 2.05) is 38.2 Å². The molecule has 1 saturated heterocycles. The summed E-state index contributed by atoms with van der Waals surface area (Å²) in [5, 5.41) is 0. The third-order valence-electron chi connectivity index (χ3n) is 2.67. The van der Waals surface area contributed by atoms with E-state index in [9.17, 15) is 4.79 Å². The number of hydrogen-bond acceptors (Lipinski definition) is 3. The lowest BCUT2D eigenvalue weighted by Gasteiger charge is -2.07. The molecular formula is C12H15NO2. The highest BCUT2D eigenvalue weighted by Gasteiger charge is 2.34. The molecule has 1 heterocycles. The van der Waals surface area contributed by atoms with Crippen LogP contribution in [-0.4, -0.2) is 31.1 Å². The molecule has 1 aromatic rings. The second-order valence-corrected chi connectivity index (χ2v) is 3.76. The first-order chi connectivity index (χ1) is 7.24. The zero-order valence-corrected chi connectivity index (χ0v) is 9.06. The fourth-order valence-corrected chi connectivity index (χ4v) is 1.74. The molecule has 0 N–H and O–H groups in total. The number of carbonyl (C=O) groups excluding carboxylic acids is 1. The Kier molecular flexibility index (Phi) is 2.73. The number of rotatable bonds is 3. The van der Waals surface area contributed by atoms with Gasteiger partial charge in [0.2, 0.25) is 0 Å². The maximum Gasteiger partial charge on any atom is 0.338 e. The summed E-state index contributed by atoms with van der Waals surface area (Å²) in [4.78, 5) is 13.9. The van der Waals surface area contributed by atoms with Crippen molar-refractivity contribution in [3.8, 4) is 0 Å². The molecule has 15 heavy (non-hydrogen) atoms. The fraction of sp³-hybridized carbons (Fsp3) is 0.417. The number of likely N-dealkylation sites (N-methyl/N-ethyl adjacent to an activating group) is 1. The summed E-state index contributed by atoms with van der Waals surface area (Å²) in [6.45, 7) is 3.27. The molecule has 0 aliphatic carbocycles. The third-order valence-corrected chi connectivity index (χ3v) is 2.67. The lowest BCUT2D eigenvalue weighted by Crippen LogP contribution is -2.08. The number of carbonyl (C=O) groups is 1. The van der Waals surface area contributed by atoms with Crippen LogP contribution in [0.4, 0.5) is 0 Å². The van der Waals surface area contributed by atoms with Gasteiger partial charge in [0.25, 0.3) is 0 Å². The van der Waals surface area contributed by atoms with Crippen molar-refractivity contribution < 1.29 is 9.53 Å². The molecule has 1 unspecified atom stereocenters. The SMILES string of the molecule is CCOC(=O)c1ccccc1[C@H]1CN1C. The van der Waals surface area contributed by atoms with Crippen molar-refractivity contribution in [1.82, 2.24) is 4.90 Å². The van der Waals surface area contributed by atoms with Gasteiger partial charge in [0.05, 0.1) is 12.2 Å². The lowest BCUT2D eigenvalue weighted by molar-refractivity contribution is 0.0525. The number of benzene rings is 1. The smallest absolute Gasteiger partial charge is 0.338 e. The first kappa shape index (κ1) is 10.2. The minimum absolute atomic E-state index is 0.214. The van der Waals surface area contributed by atoms with Gasteiger partial charge in [-0.15, -0.1) is 0 Å². The summed E-state index contributed by atoms with van der Waals surface area (Å²) < 4.78 is 5.02. The Morgan fingerprint density at radius 2 is 2.20 bits per heavy atom. The van der Waals surface area contributed by atoms with E-state index in [0.717, 1.165) is 12.1 Å². The number of nitrogens with zero attached hydrogens (tertiary/aromatic N) is 1. The van der Waals surface area contributed by atoms with Crippen LogP contribution in [0.15, 0.2) is 24.3 Å². The molecule has 1 aliphatic rings. The second kappa shape index (κ2) is 4.03. The van der Waals surface area contributed by atoms with Crippen molar-refractivity contribution in [1.29, 1.82) is 0 Å². The van der Waals surface area contributed by atoms with Gasteiger partial charge in [-0.1, -0.05) is 18.2 Å². The van der Waals surface area contributed by atoms with Gasteiger partial charge in [-0.25, -0.2) is 4.79 Å². The molecule has 0 bridgehead atoms. The van der Waals surface area contributed by atoms with Crippen LogP contribution in [0.5, 0.6) is 0 Å². The normalized spacial score (nSPS) is 23.6. The molecule has 80 valence electrons. The third kappa shape index (κ3) is 2.02.